The van der Waals surface area contributed by atoms with Crippen LogP contribution in [-0.2, 0) is 4.79 Å². The number of thioether (sulfide) groups is 1. The molecule has 0 aliphatic heterocycles. The Morgan fingerprint density at radius 1 is 1.53 bits per heavy atom. The van der Waals surface area contributed by atoms with Gasteiger partial charge in [0.1, 0.15) is 0 Å². The van der Waals surface area contributed by atoms with Crippen LogP contribution in [0.2, 0.25) is 0 Å². The molecule has 2 heterocycles. The summed E-state index contributed by atoms with van der Waals surface area (Å²) in [6, 6.07) is 5.63. The molecule has 5 nitrogen and oxygen atoms in total. The van der Waals surface area contributed by atoms with E-state index in [4.69, 9.17) is 6.42 Å². The number of rotatable bonds is 4. The Balaban J connectivity index is 2.00. The summed E-state index contributed by atoms with van der Waals surface area (Å²) in [5.41, 5.74) is 0.763. The number of amides is 1. The first kappa shape index (κ1) is 11.5. The number of nitrogens with one attached hydrogen (secondary N) is 1. The van der Waals surface area contributed by atoms with Gasteiger partial charge >= 0.3 is 0 Å². The molecule has 0 radical (unpaired) electrons. The van der Waals surface area contributed by atoms with Crippen LogP contribution in [0.5, 0.6) is 0 Å². The van der Waals surface area contributed by atoms with Gasteiger partial charge in [0, 0.05) is 6.20 Å². The lowest BCUT2D eigenvalue weighted by molar-refractivity contribution is -0.118. The lowest BCUT2D eigenvalue weighted by atomic mass is 10.5. The van der Waals surface area contributed by atoms with Crippen LogP contribution in [0.4, 0.5) is 0 Å². The molecular weight excluding hydrogens is 236 g/mol. The maximum absolute atomic E-state index is 11.3. The van der Waals surface area contributed by atoms with Crippen LogP contribution in [0.25, 0.3) is 5.65 Å². The van der Waals surface area contributed by atoms with E-state index in [0.29, 0.717) is 5.16 Å². The number of carbonyl (C=O) groups is 1. The zero-order valence-electron chi connectivity index (χ0n) is 8.96. The molecule has 0 saturated carbocycles. The maximum atomic E-state index is 11.3. The molecule has 17 heavy (non-hydrogen) atoms. The van der Waals surface area contributed by atoms with Gasteiger partial charge in [-0.1, -0.05) is 23.7 Å². The van der Waals surface area contributed by atoms with Crippen molar-refractivity contribution in [3.05, 3.63) is 24.4 Å². The average molecular weight is 246 g/mol. The lowest BCUT2D eigenvalue weighted by Crippen LogP contribution is -2.25. The third-order valence-corrected chi connectivity index (χ3v) is 2.95. The normalized spacial score (nSPS) is 10.1. The predicted molar refractivity (Wildman–Crippen MR) is 65.6 cm³/mol. The first-order chi connectivity index (χ1) is 8.31. The van der Waals surface area contributed by atoms with Gasteiger partial charge in [-0.25, -0.2) is 0 Å². The Hall–Kier alpha value is -2.00. The molecule has 2 aromatic rings. The highest BCUT2D eigenvalue weighted by molar-refractivity contribution is 7.99. The molecule has 0 atom stereocenters. The molecule has 0 bridgehead atoms. The van der Waals surface area contributed by atoms with Crippen molar-refractivity contribution in [3.63, 3.8) is 0 Å². The fourth-order valence-corrected chi connectivity index (χ4v) is 2.00. The third-order valence-electron chi connectivity index (χ3n) is 2.00. The molecule has 2 aromatic heterocycles. The van der Waals surface area contributed by atoms with Gasteiger partial charge in [-0.3, -0.25) is 9.20 Å². The summed E-state index contributed by atoms with van der Waals surface area (Å²) in [4.78, 5) is 11.3. The Morgan fingerprint density at radius 2 is 2.41 bits per heavy atom. The molecule has 1 amide bonds. The maximum Gasteiger partial charge on any atom is 0.231 e. The minimum atomic E-state index is -0.111. The molecule has 0 aromatic carbocycles. The Bertz CT molecular complexity index is 572. The molecule has 86 valence electrons. The lowest BCUT2D eigenvalue weighted by Gasteiger charge is -2.00. The van der Waals surface area contributed by atoms with Gasteiger partial charge in [0.25, 0.3) is 0 Å². The van der Waals surface area contributed by atoms with Crippen LogP contribution in [0, 0.1) is 12.3 Å². The van der Waals surface area contributed by atoms with E-state index in [1.807, 2.05) is 28.8 Å². The fourth-order valence-electron chi connectivity index (χ4n) is 1.25. The topological polar surface area (TPSA) is 59.3 Å². The largest absolute Gasteiger partial charge is 0.344 e. The van der Waals surface area contributed by atoms with E-state index in [0.717, 1.165) is 5.65 Å². The van der Waals surface area contributed by atoms with E-state index < -0.39 is 0 Å². The van der Waals surface area contributed by atoms with Crippen molar-refractivity contribution in [2.24, 2.45) is 0 Å². The van der Waals surface area contributed by atoms with Gasteiger partial charge in [-0.2, -0.15) is 0 Å². The van der Waals surface area contributed by atoms with Crippen molar-refractivity contribution >= 4 is 23.3 Å². The number of pyridine rings is 1. The molecule has 0 spiro atoms. The standard InChI is InChI=1S/C11H10N4OS/c1-2-6-12-10(16)8-17-11-14-13-9-5-3-4-7-15(9)11/h1,3-5,7H,6,8H2,(H,12,16). The summed E-state index contributed by atoms with van der Waals surface area (Å²) in [6.45, 7) is 0.250. The number of aromatic nitrogens is 3. The number of nitrogens with zero attached hydrogens (tertiary/aromatic N) is 3. The highest BCUT2D eigenvalue weighted by atomic mass is 32.2. The van der Waals surface area contributed by atoms with E-state index in [-0.39, 0.29) is 18.2 Å². The van der Waals surface area contributed by atoms with E-state index in [2.05, 4.69) is 21.4 Å². The van der Waals surface area contributed by atoms with Crippen molar-refractivity contribution in [3.8, 4) is 12.3 Å². The molecule has 0 unspecified atom stereocenters. The van der Waals surface area contributed by atoms with Crippen LogP contribution in [0.1, 0.15) is 0 Å². The van der Waals surface area contributed by atoms with E-state index >= 15 is 0 Å². The van der Waals surface area contributed by atoms with Gasteiger partial charge in [-0.05, 0) is 12.1 Å². The molecule has 2 rings (SSSR count). The quantitative estimate of drug-likeness (QED) is 0.633. The number of hydrogen-bond acceptors (Lipinski definition) is 4. The monoisotopic (exact) mass is 246 g/mol. The van der Waals surface area contributed by atoms with Gasteiger partial charge in [0.2, 0.25) is 5.91 Å². The van der Waals surface area contributed by atoms with E-state index in [9.17, 15) is 4.79 Å². The van der Waals surface area contributed by atoms with Gasteiger partial charge < -0.3 is 5.32 Å². The smallest absolute Gasteiger partial charge is 0.231 e. The SMILES string of the molecule is C#CCNC(=O)CSc1nnc2ccccn12. The van der Waals surface area contributed by atoms with Crippen LogP contribution in [0.3, 0.4) is 0 Å². The molecule has 0 aliphatic rings. The Labute approximate surface area is 103 Å². The molecule has 0 fully saturated rings. The highest BCUT2D eigenvalue weighted by Gasteiger charge is 2.07. The second-order valence-electron chi connectivity index (χ2n) is 3.18. The van der Waals surface area contributed by atoms with Gasteiger partial charge in [-0.15, -0.1) is 16.6 Å². The summed E-state index contributed by atoms with van der Waals surface area (Å²) in [6.07, 6.45) is 6.90. The number of carbonyl (C=O) groups excluding carboxylic acids is 1. The molecule has 1 N–H and O–H groups in total. The van der Waals surface area contributed by atoms with Crippen LogP contribution in [-0.4, -0.2) is 32.8 Å². The molecular formula is C11H10N4OS. The first-order valence-corrected chi connectivity index (χ1v) is 5.92. The molecule has 6 heteroatoms. The minimum Gasteiger partial charge on any atom is -0.344 e. The summed E-state index contributed by atoms with van der Waals surface area (Å²) in [5.74, 6) is 2.51. The Morgan fingerprint density at radius 3 is 3.24 bits per heavy atom. The van der Waals surface area contributed by atoms with E-state index in [1.54, 1.807) is 0 Å². The number of fused-ring (bicyclic) bond motifs is 1. The molecule has 0 aliphatic carbocycles. The first-order valence-electron chi connectivity index (χ1n) is 4.94. The van der Waals surface area contributed by atoms with Gasteiger partial charge in [0.05, 0.1) is 12.3 Å². The summed E-state index contributed by atoms with van der Waals surface area (Å²) in [5, 5.41) is 11.3. The van der Waals surface area contributed by atoms with Crippen molar-refractivity contribution in [1.82, 2.24) is 19.9 Å². The zero-order valence-corrected chi connectivity index (χ0v) is 9.78. The van der Waals surface area contributed by atoms with Crippen molar-refractivity contribution in [1.29, 1.82) is 0 Å². The number of hydrogen-bond donors (Lipinski definition) is 1. The third kappa shape index (κ3) is 2.77. The highest BCUT2D eigenvalue weighted by Crippen LogP contribution is 2.15. The zero-order chi connectivity index (χ0) is 12.1. The van der Waals surface area contributed by atoms with Crippen molar-refractivity contribution in [2.75, 3.05) is 12.3 Å². The predicted octanol–water partition coefficient (Wildman–Crippen LogP) is 0.571. The van der Waals surface area contributed by atoms with Crippen LogP contribution >= 0.6 is 11.8 Å². The van der Waals surface area contributed by atoms with Gasteiger partial charge in [0.15, 0.2) is 10.8 Å². The Kier molecular flexibility index (Phi) is 3.62. The minimum absolute atomic E-state index is 0.111. The average Bonchev–Trinajstić information content (AvgIpc) is 2.77. The van der Waals surface area contributed by atoms with Crippen LogP contribution in [0.15, 0.2) is 29.6 Å². The van der Waals surface area contributed by atoms with Crippen LogP contribution < -0.4 is 5.32 Å². The van der Waals surface area contributed by atoms with Crippen molar-refractivity contribution < 1.29 is 4.79 Å². The second kappa shape index (κ2) is 5.37. The summed E-state index contributed by atoms with van der Waals surface area (Å²) in [7, 11) is 0. The summed E-state index contributed by atoms with van der Waals surface area (Å²) >= 11 is 1.32. The second-order valence-corrected chi connectivity index (χ2v) is 4.12. The fraction of sp³-hybridized carbons (Fsp3) is 0.182. The number of terminal acetylenes is 1. The van der Waals surface area contributed by atoms with E-state index in [1.165, 1.54) is 11.8 Å². The molecule has 0 saturated heterocycles. The summed E-state index contributed by atoms with van der Waals surface area (Å²) < 4.78 is 1.83. The van der Waals surface area contributed by atoms with Crippen molar-refractivity contribution in [2.45, 2.75) is 5.16 Å².